The van der Waals surface area contributed by atoms with Crippen LogP contribution in [0.2, 0.25) is 0 Å². The number of ether oxygens (including phenoxy) is 1. The van der Waals surface area contributed by atoms with Gasteiger partial charge in [-0.1, -0.05) is 0 Å². The molecule has 2 aliphatic heterocycles. The van der Waals surface area contributed by atoms with Crippen LogP contribution in [0, 0.1) is 5.92 Å². The van der Waals surface area contributed by atoms with Crippen LogP contribution in [-0.2, 0) is 4.74 Å². The number of piperidine rings is 1. The van der Waals surface area contributed by atoms with Gasteiger partial charge in [0.15, 0.2) is 0 Å². The molecule has 4 heteroatoms. The van der Waals surface area contributed by atoms with Crippen LogP contribution in [0.1, 0.15) is 19.3 Å². The number of aliphatic hydroxyl groups is 1. The van der Waals surface area contributed by atoms with E-state index < -0.39 is 0 Å². The molecule has 88 valence electrons. The van der Waals surface area contributed by atoms with Crippen molar-refractivity contribution in [1.82, 2.24) is 4.90 Å². The summed E-state index contributed by atoms with van der Waals surface area (Å²) in [6.45, 7) is 4.32. The zero-order valence-electron chi connectivity index (χ0n) is 9.27. The molecule has 0 amide bonds. The van der Waals surface area contributed by atoms with Crippen LogP contribution < -0.4 is 5.73 Å². The second-order valence-electron chi connectivity index (χ2n) is 4.75. The Morgan fingerprint density at radius 1 is 1.40 bits per heavy atom. The highest BCUT2D eigenvalue weighted by Gasteiger charge is 2.28. The van der Waals surface area contributed by atoms with Gasteiger partial charge in [-0.3, -0.25) is 4.90 Å². The van der Waals surface area contributed by atoms with Gasteiger partial charge in [-0.15, -0.1) is 0 Å². The first-order chi connectivity index (χ1) is 7.29. The molecule has 0 bridgehead atoms. The van der Waals surface area contributed by atoms with Crippen molar-refractivity contribution < 1.29 is 9.84 Å². The molecule has 2 heterocycles. The molecular weight excluding hydrogens is 192 g/mol. The summed E-state index contributed by atoms with van der Waals surface area (Å²) in [4.78, 5) is 2.31. The normalized spacial score (nSPS) is 38.4. The highest BCUT2D eigenvalue weighted by Crippen LogP contribution is 2.19. The van der Waals surface area contributed by atoms with Gasteiger partial charge in [0.25, 0.3) is 0 Å². The molecular formula is C11H22N2O2. The highest BCUT2D eigenvalue weighted by atomic mass is 16.5. The molecule has 2 unspecified atom stereocenters. The second-order valence-corrected chi connectivity index (χ2v) is 4.75. The maximum absolute atomic E-state index is 9.85. The fraction of sp³-hybridized carbons (Fsp3) is 1.00. The molecule has 0 saturated carbocycles. The SMILES string of the molecule is NC[C@@H]1CCN(CC2CCCO2)CC1O. The Balaban J connectivity index is 1.75. The predicted octanol–water partition coefficient (Wildman–Crippen LogP) is -0.193. The summed E-state index contributed by atoms with van der Waals surface area (Å²) < 4.78 is 5.60. The van der Waals surface area contributed by atoms with Crippen LogP contribution in [0.3, 0.4) is 0 Å². The first kappa shape index (κ1) is 11.3. The van der Waals surface area contributed by atoms with E-state index in [2.05, 4.69) is 4.90 Å². The molecule has 2 rings (SSSR count). The molecule has 0 radical (unpaired) electrons. The number of nitrogens with two attached hydrogens (primary N) is 1. The second kappa shape index (κ2) is 5.25. The van der Waals surface area contributed by atoms with Crippen LogP contribution in [0.5, 0.6) is 0 Å². The summed E-state index contributed by atoms with van der Waals surface area (Å²) in [5, 5.41) is 9.85. The minimum Gasteiger partial charge on any atom is -0.391 e. The lowest BCUT2D eigenvalue weighted by Gasteiger charge is -2.36. The molecule has 4 nitrogen and oxygen atoms in total. The fourth-order valence-corrected chi connectivity index (χ4v) is 2.56. The average molecular weight is 214 g/mol. The fourth-order valence-electron chi connectivity index (χ4n) is 2.56. The van der Waals surface area contributed by atoms with Crippen molar-refractivity contribution in [3.8, 4) is 0 Å². The van der Waals surface area contributed by atoms with Gasteiger partial charge >= 0.3 is 0 Å². The van der Waals surface area contributed by atoms with Crippen LogP contribution >= 0.6 is 0 Å². The molecule has 2 saturated heterocycles. The number of hydrogen-bond acceptors (Lipinski definition) is 4. The van der Waals surface area contributed by atoms with Crippen molar-refractivity contribution in [1.29, 1.82) is 0 Å². The Morgan fingerprint density at radius 3 is 2.87 bits per heavy atom. The molecule has 0 aliphatic carbocycles. The van der Waals surface area contributed by atoms with Crippen LogP contribution in [0.25, 0.3) is 0 Å². The molecule has 15 heavy (non-hydrogen) atoms. The van der Waals surface area contributed by atoms with Gasteiger partial charge in [-0.2, -0.15) is 0 Å². The molecule has 0 aromatic rings. The number of likely N-dealkylation sites (tertiary alicyclic amines) is 1. The molecule has 2 aliphatic rings. The van der Waals surface area contributed by atoms with Crippen LogP contribution in [-0.4, -0.2) is 55.0 Å². The Morgan fingerprint density at radius 2 is 2.27 bits per heavy atom. The van der Waals surface area contributed by atoms with Crippen molar-refractivity contribution in [3.63, 3.8) is 0 Å². The third-order valence-corrected chi connectivity index (χ3v) is 3.59. The number of rotatable bonds is 3. The van der Waals surface area contributed by atoms with E-state index in [4.69, 9.17) is 10.5 Å². The van der Waals surface area contributed by atoms with Gasteiger partial charge in [0.05, 0.1) is 12.2 Å². The number of β-amino-alcohol motifs (C(OH)–C–C–N with tert-alkyl or cyclic N) is 1. The van der Waals surface area contributed by atoms with Crippen molar-refractivity contribution in [2.75, 3.05) is 32.8 Å². The Labute approximate surface area is 91.4 Å². The monoisotopic (exact) mass is 214 g/mol. The maximum Gasteiger partial charge on any atom is 0.0707 e. The Kier molecular flexibility index (Phi) is 3.97. The van der Waals surface area contributed by atoms with Crippen LogP contribution in [0.4, 0.5) is 0 Å². The quantitative estimate of drug-likeness (QED) is 0.683. The zero-order chi connectivity index (χ0) is 10.7. The molecule has 0 aromatic heterocycles. The lowest BCUT2D eigenvalue weighted by Crippen LogP contribution is -2.48. The number of nitrogens with zero attached hydrogens (tertiary/aromatic N) is 1. The highest BCUT2D eigenvalue weighted by molar-refractivity contribution is 4.82. The third kappa shape index (κ3) is 2.91. The summed E-state index contributed by atoms with van der Waals surface area (Å²) in [6.07, 6.45) is 3.53. The van der Waals surface area contributed by atoms with Gasteiger partial charge in [0, 0.05) is 19.7 Å². The van der Waals surface area contributed by atoms with Gasteiger partial charge in [0.1, 0.15) is 0 Å². The minimum absolute atomic E-state index is 0.245. The minimum atomic E-state index is -0.245. The van der Waals surface area contributed by atoms with E-state index in [1.807, 2.05) is 0 Å². The first-order valence-corrected chi connectivity index (χ1v) is 6.01. The number of aliphatic hydroxyl groups excluding tert-OH is 1. The molecule has 0 aromatic carbocycles. The van der Waals surface area contributed by atoms with Gasteiger partial charge < -0.3 is 15.6 Å². The van der Waals surface area contributed by atoms with E-state index >= 15 is 0 Å². The van der Waals surface area contributed by atoms with E-state index in [0.29, 0.717) is 18.6 Å². The van der Waals surface area contributed by atoms with E-state index in [-0.39, 0.29) is 6.10 Å². The summed E-state index contributed by atoms with van der Waals surface area (Å²) in [5.74, 6) is 0.297. The van der Waals surface area contributed by atoms with Crippen molar-refractivity contribution in [2.24, 2.45) is 11.7 Å². The van der Waals surface area contributed by atoms with Gasteiger partial charge in [-0.05, 0) is 38.3 Å². The van der Waals surface area contributed by atoms with Crippen molar-refractivity contribution in [2.45, 2.75) is 31.5 Å². The average Bonchev–Trinajstić information content (AvgIpc) is 2.71. The zero-order valence-corrected chi connectivity index (χ0v) is 9.27. The first-order valence-electron chi connectivity index (χ1n) is 6.01. The van der Waals surface area contributed by atoms with E-state index in [0.717, 1.165) is 32.7 Å². The standard InChI is InChI=1S/C11H22N2O2/c12-6-9-3-4-13(8-11(9)14)7-10-2-1-5-15-10/h9-11,14H,1-8,12H2/t9-,10?,11?/m0/s1. The lowest BCUT2D eigenvalue weighted by atomic mass is 9.94. The topological polar surface area (TPSA) is 58.7 Å². The van der Waals surface area contributed by atoms with Crippen LogP contribution in [0.15, 0.2) is 0 Å². The molecule has 3 N–H and O–H groups in total. The largest absolute Gasteiger partial charge is 0.391 e. The summed E-state index contributed by atoms with van der Waals surface area (Å²) in [5.41, 5.74) is 5.60. The lowest BCUT2D eigenvalue weighted by molar-refractivity contribution is -0.0000138. The maximum atomic E-state index is 9.85. The number of hydrogen-bond donors (Lipinski definition) is 2. The van der Waals surface area contributed by atoms with Crippen molar-refractivity contribution >= 4 is 0 Å². The van der Waals surface area contributed by atoms with E-state index in [9.17, 15) is 5.11 Å². The van der Waals surface area contributed by atoms with E-state index in [1.54, 1.807) is 0 Å². The third-order valence-electron chi connectivity index (χ3n) is 3.59. The molecule has 3 atom stereocenters. The van der Waals surface area contributed by atoms with Gasteiger partial charge in [0.2, 0.25) is 0 Å². The smallest absolute Gasteiger partial charge is 0.0707 e. The van der Waals surface area contributed by atoms with E-state index in [1.165, 1.54) is 12.8 Å². The predicted molar refractivity (Wildman–Crippen MR) is 58.6 cm³/mol. The summed E-state index contributed by atoms with van der Waals surface area (Å²) in [7, 11) is 0. The van der Waals surface area contributed by atoms with Crippen molar-refractivity contribution in [3.05, 3.63) is 0 Å². The van der Waals surface area contributed by atoms with Gasteiger partial charge in [-0.25, -0.2) is 0 Å². The summed E-state index contributed by atoms with van der Waals surface area (Å²) >= 11 is 0. The Bertz CT molecular complexity index is 195. The Hall–Kier alpha value is -0.160. The molecule has 2 fully saturated rings. The summed E-state index contributed by atoms with van der Waals surface area (Å²) in [6, 6.07) is 0. The molecule has 0 spiro atoms.